The maximum Gasteiger partial charge on any atom is 0.247 e. The van der Waals surface area contributed by atoms with Crippen molar-refractivity contribution in [2.24, 2.45) is 0 Å². The maximum absolute atomic E-state index is 12.9. The molecule has 164 valence electrons. The second-order valence-electron chi connectivity index (χ2n) is 7.30. The number of amides is 2. The van der Waals surface area contributed by atoms with Crippen LogP contribution in [0.2, 0.25) is 0 Å². The van der Waals surface area contributed by atoms with Crippen molar-refractivity contribution in [3.05, 3.63) is 60.3 Å². The van der Waals surface area contributed by atoms with Crippen LogP contribution in [0.1, 0.15) is 25.8 Å². The van der Waals surface area contributed by atoms with Gasteiger partial charge in [-0.3, -0.25) is 14.3 Å². The first-order valence-electron chi connectivity index (χ1n) is 10.0. The van der Waals surface area contributed by atoms with Crippen molar-refractivity contribution in [1.29, 1.82) is 0 Å². The molecule has 0 spiro atoms. The summed E-state index contributed by atoms with van der Waals surface area (Å²) in [6, 6.07) is 13.4. The van der Waals surface area contributed by atoms with Gasteiger partial charge in [0.2, 0.25) is 21.8 Å². The van der Waals surface area contributed by atoms with Crippen LogP contribution in [0.15, 0.2) is 54.7 Å². The fourth-order valence-electron chi connectivity index (χ4n) is 3.33. The van der Waals surface area contributed by atoms with Crippen molar-refractivity contribution in [1.82, 2.24) is 10.3 Å². The van der Waals surface area contributed by atoms with E-state index in [-0.39, 0.29) is 17.6 Å². The Balaban J connectivity index is 1.71. The van der Waals surface area contributed by atoms with Crippen LogP contribution >= 0.6 is 0 Å². The Labute approximate surface area is 181 Å². The zero-order valence-electron chi connectivity index (χ0n) is 17.4. The molecule has 3 rings (SSSR count). The summed E-state index contributed by atoms with van der Waals surface area (Å²) in [5.41, 5.74) is 2.80. The van der Waals surface area contributed by atoms with Gasteiger partial charge >= 0.3 is 0 Å². The molecule has 2 amide bonds. The molecule has 0 saturated carbocycles. The van der Waals surface area contributed by atoms with Gasteiger partial charge in [0.25, 0.3) is 0 Å². The van der Waals surface area contributed by atoms with Gasteiger partial charge in [-0.15, -0.1) is 0 Å². The summed E-state index contributed by atoms with van der Waals surface area (Å²) in [6.45, 7) is 3.16. The number of H-pyrrole nitrogens is 1. The van der Waals surface area contributed by atoms with Crippen LogP contribution < -0.4 is 15.4 Å². The van der Waals surface area contributed by atoms with Crippen LogP contribution in [0.3, 0.4) is 0 Å². The minimum absolute atomic E-state index is 0.0394. The Morgan fingerprint density at radius 1 is 1.03 bits per heavy atom. The molecule has 4 N–H and O–H groups in total. The van der Waals surface area contributed by atoms with Crippen molar-refractivity contribution in [2.75, 3.05) is 15.8 Å². The summed E-state index contributed by atoms with van der Waals surface area (Å²) >= 11 is 0. The largest absolute Gasteiger partial charge is 0.361 e. The highest BCUT2D eigenvalue weighted by Crippen LogP contribution is 2.20. The van der Waals surface area contributed by atoms with Gasteiger partial charge in [-0.2, -0.15) is 0 Å². The van der Waals surface area contributed by atoms with Crippen LogP contribution in [-0.4, -0.2) is 37.0 Å². The van der Waals surface area contributed by atoms with E-state index in [2.05, 4.69) is 20.3 Å². The lowest BCUT2D eigenvalue weighted by atomic mass is 10.0. The van der Waals surface area contributed by atoms with Crippen LogP contribution in [-0.2, 0) is 26.0 Å². The Morgan fingerprint density at radius 2 is 1.71 bits per heavy atom. The molecule has 1 atom stereocenters. The van der Waals surface area contributed by atoms with E-state index in [0.717, 1.165) is 16.5 Å². The van der Waals surface area contributed by atoms with E-state index in [0.29, 0.717) is 24.2 Å². The number of benzene rings is 2. The van der Waals surface area contributed by atoms with E-state index in [1.807, 2.05) is 30.5 Å². The number of hydrogen-bond acceptors (Lipinski definition) is 4. The molecule has 0 aliphatic heterocycles. The maximum atomic E-state index is 12.9. The lowest BCUT2D eigenvalue weighted by Gasteiger charge is -2.18. The van der Waals surface area contributed by atoms with Crippen LogP contribution in [0, 0.1) is 0 Å². The molecule has 1 heterocycles. The quantitative estimate of drug-likeness (QED) is 0.407. The van der Waals surface area contributed by atoms with E-state index in [4.69, 9.17) is 0 Å². The van der Waals surface area contributed by atoms with E-state index >= 15 is 0 Å². The molecule has 0 saturated heterocycles. The van der Waals surface area contributed by atoms with Crippen molar-refractivity contribution < 1.29 is 18.0 Å². The molecule has 3 aromatic rings. The highest BCUT2D eigenvalue weighted by atomic mass is 32.2. The van der Waals surface area contributed by atoms with E-state index < -0.39 is 16.1 Å². The number of aromatic amines is 1. The van der Waals surface area contributed by atoms with Gasteiger partial charge in [-0.1, -0.05) is 25.1 Å². The Bertz CT molecular complexity index is 1170. The summed E-state index contributed by atoms with van der Waals surface area (Å²) < 4.78 is 26.2. The zero-order valence-corrected chi connectivity index (χ0v) is 18.3. The number of aromatic nitrogens is 1. The number of carbonyl (C=O) groups is 2. The van der Waals surface area contributed by atoms with E-state index in [9.17, 15) is 18.0 Å². The summed E-state index contributed by atoms with van der Waals surface area (Å²) in [5, 5.41) is 6.48. The molecule has 0 radical (unpaired) electrons. The van der Waals surface area contributed by atoms with Crippen molar-refractivity contribution in [2.45, 2.75) is 32.7 Å². The van der Waals surface area contributed by atoms with Gasteiger partial charge in [0.05, 0.1) is 5.75 Å². The summed E-state index contributed by atoms with van der Waals surface area (Å²) in [6.07, 6.45) is 2.68. The average molecular weight is 443 g/mol. The second kappa shape index (κ2) is 9.65. The van der Waals surface area contributed by atoms with Gasteiger partial charge < -0.3 is 15.6 Å². The topological polar surface area (TPSA) is 120 Å². The lowest BCUT2D eigenvalue weighted by molar-refractivity contribution is -0.125. The normalized spacial score (nSPS) is 12.3. The first-order chi connectivity index (χ1) is 14.8. The number of sulfonamides is 1. The molecule has 0 aliphatic rings. The number of para-hydroxylation sites is 1. The summed E-state index contributed by atoms with van der Waals surface area (Å²) in [4.78, 5) is 27.7. The first-order valence-corrected chi connectivity index (χ1v) is 11.7. The van der Waals surface area contributed by atoms with Crippen LogP contribution in [0.25, 0.3) is 10.9 Å². The molecule has 9 heteroatoms. The standard InChI is InChI=1S/C22H26N4O4S/c1-3-12-31(29,30)26-18-10-8-17(9-11-18)25-22(28)21(24-15(2)27)13-16-14-23-20-7-5-4-6-19(16)20/h4-11,14,21,23,26H,3,12-13H2,1-2H3,(H,24,27)(H,25,28). The number of anilines is 2. The molecule has 31 heavy (non-hydrogen) atoms. The number of rotatable bonds is 9. The molecule has 0 fully saturated rings. The SMILES string of the molecule is CCCS(=O)(=O)Nc1ccc(NC(=O)C(Cc2c[nH]c3ccccc23)NC(C)=O)cc1. The molecular formula is C22H26N4O4S. The summed E-state index contributed by atoms with van der Waals surface area (Å²) in [5.74, 6) is -0.627. The average Bonchev–Trinajstić information content (AvgIpc) is 3.11. The highest BCUT2D eigenvalue weighted by molar-refractivity contribution is 7.92. The molecule has 0 aliphatic carbocycles. The molecular weight excluding hydrogens is 416 g/mol. The molecule has 1 aromatic heterocycles. The Kier molecular flexibility index (Phi) is 6.96. The lowest BCUT2D eigenvalue weighted by Crippen LogP contribution is -2.44. The fourth-order valence-corrected chi connectivity index (χ4v) is 4.46. The minimum Gasteiger partial charge on any atom is -0.361 e. The van der Waals surface area contributed by atoms with Gasteiger partial charge in [0.1, 0.15) is 6.04 Å². The second-order valence-corrected chi connectivity index (χ2v) is 9.15. The third kappa shape index (κ3) is 6.08. The zero-order chi connectivity index (χ0) is 22.4. The number of nitrogens with one attached hydrogen (secondary N) is 4. The molecule has 0 bridgehead atoms. The van der Waals surface area contributed by atoms with Crippen LogP contribution in [0.4, 0.5) is 11.4 Å². The minimum atomic E-state index is -3.38. The van der Waals surface area contributed by atoms with Crippen molar-refractivity contribution >= 4 is 44.1 Å². The number of hydrogen-bond donors (Lipinski definition) is 4. The van der Waals surface area contributed by atoms with Gasteiger partial charge in [-0.05, 0) is 42.3 Å². The smallest absolute Gasteiger partial charge is 0.247 e. The predicted octanol–water partition coefficient (Wildman–Crippen LogP) is 3.01. The third-order valence-corrected chi connectivity index (χ3v) is 6.18. The van der Waals surface area contributed by atoms with Gasteiger partial charge in [0.15, 0.2) is 0 Å². The number of carbonyl (C=O) groups excluding carboxylic acids is 2. The Hall–Kier alpha value is -3.33. The highest BCUT2D eigenvalue weighted by Gasteiger charge is 2.21. The fraction of sp³-hybridized carbons (Fsp3) is 0.273. The first kappa shape index (κ1) is 22.4. The van der Waals surface area contributed by atoms with E-state index in [1.165, 1.54) is 6.92 Å². The molecule has 8 nitrogen and oxygen atoms in total. The van der Waals surface area contributed by atoms with Gasteiger partial charge in [0, 0.05) is 41.8 Å². The van der Waals surface area contributed by atoms with Gasteiger partial charge in [-0.25, -0.2) is 8.42 Å². The Morgan fingerprint density at radius 3 is 2.39 bits per heavy atom. The monoisotopic (exact) mass is 442 g/mol. The van der Waals surface area contributed by atoms with Crippen LogP contribution in [0.5, 0.6) is 0 Å². The summed E-state index contributed by atoms with van der Waals surface area (Å²) in [7, 11) is -3.38. The van der Waals surface area contributed by atoms with Crippen molar-refractivity contribution in [3.63, 3.8) is 0 Å². The molecule has 2 aromatic carbocycles. The predicted molar refractivity (Wildman–Crippen MR) is 122 cm³/mol. The third-order valence-electron chi connectivity index (χ3n) is 4.69. The number of fused-ring (bicyclic) bond motifs is 1. The van der Waals surface area contributed by atoms with E-state index in [1.54, 1.807) is 31.2 Å². The molecule has 1 unspecified atom stereocenters. The van der Waals surface area contributed by atoms with Crippen molar-refractivity contribution in [3.8, 4) is 0 Å².